The zero-order valence-corrected chi connectivity index (χ0v) is 21.4. The number of thiazole rings is 1. The highest BCUT2D eigenvalue weighted by Gasteiger charge is 2.25. The second-order valence-corrected chi connectivity index (χ2v) is 10.6. The Morgan fingerprint density at radius 3 is 2.63 bits per heavy atom. The highest BCUT2D eigenvalue weighted by Crippen LogP contribution is 2.40. The van der Waals surface area contributed by atoms with E-state index >= 15 is 0 Å². The van der Waals surface area contributed by atoms with Crippen molar-refractivity contribution in [2.45, 2.75) is 39.2 Å². The van der Waals surface area contributed by atoms with Crippen LogP contribution in [-0.2, 0) is 27.2 Å². The second kappa shape index (κ2) is 9.63. The molecule has 0 aliphatic carbocycles. The van der Waals surface area contributed by atoms with Gasteiger partial charge in [0.25, 0.3) is 0 Å². The van der Waals surface area contributed by atoms with Crippen molar-refractivity contribution in [2.75, 3.05) is 51.4 Å². The van der Waals surface area contributed by atoms with Crippen LogP contribution in [-0.4, -0.2) is 78.3 Å². The molecule has 4 heterocycles. The van der Waals surface area contributed by atoms with E-state index in [0.29, 0.717) is 25.9 Å². The molecule has 1 aromatic carbocycles. The van der Waals surface area contributed by atoms with Gasteiger partial charge in [0.15, 0.2) is 10.8 Å². The molecule has 0 bridgehead atoms. The number of imidazole rings is 1. The second-order valence-electron chi connectivity index (χ2n) is 9.58. The van der Waals surface area contributed by atoms with Crippen LogP contribution in [0.4, 0.5) is 10.5 Å². The number of hydroxylamine groups is 2. The van der Waals surface area contributed by atoms with E-state index < -0.39 is 11.8 Å². The van der Waals surface area contributed by atoms with E-state index in [9.17, 15) is 4.79 Å². The number of hydrogen-bond donors (Lipinski definition) is 1. The molecule has 1 saturated heterocycles. The number of methoxy groups -OCH3 is 1. The van der Waals surface area contributed by atoms with Crippen molar-refractivity contribution in [3.63, 3.8) is 0 Å². The Balaban J connectivity index is 1.36. The summed E-state index contributed by atoms with van der Waals surface area (Å²) in [6, 6.07) is 4.08. The standard InChI is InChI=1S/C24H31N5O5S/c1-24(2,3)33-23(30)34-29-9-7-15-16(8-10-29)26-21(25-15)22-27-19-18(31-4)6-5-17(20(19)35-22)28-11-13-32-14-12-28/h5-6H,7-14H2,1-4H3,(H,25,26). The average molecular weight is 502 g/mol. The van der Waals surface area contributed by atoms with Crippen LogP contribution >= 0.6 is 11.3 Å². The number of H-pyrrole nitrogens is 1. The first kappa shape index (κ1) is 23.8. The van der Waals surface area contributed by atoms with Gasteiger partial charge in [0.05, 0.1) is 36.4 Å². The zero-order valence-electron chi connectivity index (χ0n) is 20.5. The number of rotatable bonds is 4. The topological polar surface area (TPSA) is 102 Å². The fraction of sp³-hybridized carbons (Fsp3) is 0.542. The number of nitrogens with zero attached hydrogens (tertiary/aromatic N) is 4. The summed E-state index contributed by atoms with van der Waals surface area (Å²) in [6.07, 6.45) is 0.650. The van der Waals surface area contributed by atoms with Gasteiger partial charge in [-0.1, -0.05) is 0 Å². The first-order valence-corrected chi connectivity index (χ1v) is 12.7. The maximum absolute atomic E-state index is 12.0. The minimum atomic E-state index is -0.684. The number of fused-ring (bicyclic) bond motifs is 2. The van der Waals surface area contributed by atoms with Crippen LogP contribution in [0.1, 0.15) is 32.2 Å². The Labute approximate surface area is 208 Å². The van der Waals surface area contributed by atoms with E-state index in [1.807, 2.05) is 26.8 Å². The lowest BCUT2D eigenvalue weighted by molar-refractivity contribution is -0.140. The predicted octanol–water partition coefficient (Wildman–Crippen LogP) is 3.80. The van der Waals surface area contributed by atoms with E-state index in [-0.39, 0.29) is 0 Å². The van der Waals surface area contributed by atoms with Gasteiger partial charge < -0.3 is 28.9 Å². The van der Waals surface area contributed by atoms with E-state index in [4.69, 9.17) is 29.0 Å². The number of morpholine rings is 1. The molecule has 35 heavy (non-hydrogen) atoms. The summed E-state index contributed by atoms with van der Waals surface area (Å²) < 4.78 is 17.5. The molecule has 2 aliphatic rings. The van der Waals surface area contributed by atoms with Crippen molar-refractivity contribution in [1.29, 1.82) is 0 Å². The highest BCUT2D eigenvalue weighted by atomic mass is 32.1. The lowest BCUT2D eigenvalue weighted by Gasteiger charge is -2.29. The maximum Gasteiger partial charge on any atom is 0.528 e. The van der Waals surface area contributed by atoms with Crippen LogP contribution in [0.2, 0.25) is 0 Å². The lowest BCUT2D eigenvalue weighted by Crippen LogP contribution is -2.36. The van der Waals surface area contributed by atoms with Crippen molar-refractivity contribution < 1.29 is 23.8 Å². The summed E-state index contributed by atoms with van der Waals surface area (Å²) >= 11 is 1.62. The molecular weight excluding hydrogens is 470 g/mol. The normalized spacial score (nSPS) is 17.2. The Morgan fingerprint density at radius 2 is 1.89 bits per heavy atom. The molecule has 2 aliphatic heterocycles. The minimum absolute atomic E-state index is 0.547. The first-order valence-electron chi connectivity index (χ1n) is 11.8. The van der Waals surface area contributed by atoms with Gasteiger partial charge >= 0.3 is 6.16 Å². The molecule has 0 unspecified atom stereocenters. The monoisotopic (exact) mass is 501 g/mol. The molecule has 1 N–H and O–H groups in total. The van der Waals surface area contributed by atoms with Gasteiger partial charge in [0.2, 0.25) is 0 Å². The summed E-state index contributed by atoms with van der Waals surface area (Å²) in [5.74, 6) is 1.51. The van der Waals surface area contributed by atoms with E-state index in [2.05, 4.69) is 16.0 Å². The summed E-state index contributed by atoms with van der Waals surface area (Å²) in [6.45, 7) is 9.69. The van der Waals surface area contributed by atoms with Crippen LogP contribution in [0.15, 0.2) is 12.1 Å². The third kappa shape index (κ3) is 5.21. The molecule has 0 saturated carbocycles. The first-order chi connectivity index (χ1) is 16.8. The number of carbonyl (C=O) groups is 1. The van der Waals surface area contributed by atoms with Gasteiger partial charge in [-0.25, -0.2) is 14.8 Å². The third-order valence-electron chi connectivity index (χ3n) is 5.93. The van der Waals surface area contributed by atoms with Gasteiger partial charge in [-0.2, -0.15) is 0 Å². The quantitative estimate of drug-likeness (QED) is 0.535. The maximum atomic E-state index is 12.0. The van der Waals surface area contributed by atoms with Crippen molar-refractivity contribution in [1.82, 2.24) is 20.0 Å². The molecule has 0 spiro atoms. The predicted molar refractivity (Wildman–Crippen MR) is 133 cm³/mol. The fourth-order valence-electron chi connectivity index (χ4n) is 4.29. The molecule has 2 aromatic heterocycles. The largest absolute Gasteiger partial charge is 0.528 e. The third-order valence-corrected chi connectivity index (χ3v) is 7.01. The Morgan fingerprint density at radius 1 is 1.11 bits per heavy atom. The summed E-state index contributed by atoms with van der Waals surface area (Å²) in [5.41, 5.74) is 3.41. The minimum Gasteiger partial charge on any atom is -0.494 e. The van der Waals surface area contributed by atoms with E-state index in [0.717, 1.165) is 70.2 Å². The SMILES string of the molecule is COc1ccc(N2CCOCC2)c2sc(-c3nc4c([nH]3)CCN(OC(=O)OC(C)(C)C)CC4)nc12. The number of anilines is 1. The number of carbonyl (C=O) groups excluding carboxylic acids is 1. The van der Waals surface area contributed by atoms with E-state index in [1.165, 1.54) is 0 Å². The Hall–Kier alpha value is -2.89. The fourth-order valence-corrected chi connectivity index (χ4v) is 5.36. The molecular formula is C24H31N5O5S. The van der Waals surface area contributed by atoms with Crippen molar-refractivity contribution in [3.8, 4) is 16.6 Å². The molecule has 0 amide bonds. The van der Waals surface area contributed by atoms with Gasteiger partial charge in [0.1, 0.15) is 16.9 Å². The van der Waals surface area contributed by atoms with Gasteiger partial charge in [-0.15, -0.1) is 16.4 Å². The van der Waals surface area contributed by atoms with E-state index in [1.54, 1.807) is 23.5 Å². The van der Waals surface area contributed by atoms with Crippen LogP contribution < -0.4 is 9.64 Å². The molecule has 5 rings (SSSR count). The molecule has 10 nitrogen and oxygen atoms in total. The van der Waals surface area contributed by atoms with Gasteiger partial charge in [-0.3, -0.25) is 0 Å². The lowest BCUT2D eigenvalue weighted by atomic mass is 10.2. The summed E-state index contributed by atoms with van der Waals surface area (Å²) in [7, 11) is 1.67. The number of benzene rings is 1. The number of nitrogens with one attached hydrogen (secondary N) is 1. The van der Waals surface area contributed by atoms with Crippen LogP contribution in [0, 0.1) is 0 Å². The van der Waals surface area contributed by atoms with Crippen molar-refractivity contribution in [2.24, 2.45) is 0 Å². The smallest absolute Gasteiger partial charge is 0.494 e. The number of hydrogen-bond acceptors (Lipinski definition) is 10. The highest BCUT2D eigenvalue weighted by molar-refractivity contribution is 7.22. The molecule has 0 atom stereocenters. The molecule has 3 aromatic rings. The van der Waals surface area contributed by atoms with Crippen LogP contribution in [0.3, 0.4) is 0 Å². The Bertz CT molecular complexity index is 1190. The summed E-state index contributed by atoms with van der Waals surface area (Å²) in [4.78, 5) is 33.0. The van der Waals surface area contributed by atoms with Gasteiger partial charge in [0, 0.05) is 44.7 Å². The van der Waals surface area contributed by atoms with Crippen LogP contribution in [0.25, 0.3) is 21.0 Å². The molecule has 1 fully saturated rings. The van der Waals surface area contributed by atoms with Crippen molar-refractivity contribution >= 4 is 33.4 Å². The van der Waals surface area contributed by atoms with Crippen LogP contribution in [0.5, 0.6) is 5.75 Å². The summed E-state index contributed by atoms with van der Waals surface area (Å²) in [5, 5.41) is 2.47. The Kier molecular flexibility index (Phi) is 6.56. The zero-order chi connectivity index (χ0) is 24.6. The number of ether oxygens (including phenoxy) is 3. The molecule has 0 radical (unpaired) electrons. The average Bonchev–Trinajstić information content (AvgIpc) is 3.40. The van der Waals surface area contributed by atoms with Gasteiger partial charge in [-0.05, 0) is 32.9 Å². The molecule has 11 heteroatoms. The van der Waals surface area contributed by atoms with Crippen molar-refractivity contribution in [3.05, 3.63) is 23.5 Å². The molecule has 188 valence electrons. The number of aromatic nitrogens is 3. The number of aromatic amines is 1.